The maximum absolute atomic E-state index is 5.06. The molecule has 0 bridgehead atoms. The minimum Gasteiger partial charge on any atom is -0.337 e. The summed E-state index contributed by atoms with van der Waals surface area (Å²) in [5.41, 5.74) is 2.47. The molecule has 25 heavy (non-hydrogen) atoms. The van der Waals surface area contributed by atoms with Gasteiger partial charge in [0.05, 0.1) is 12.7 Å². The molecule has 0 unspecified atom stereocenters. The van der Waals surface area contributed by atoms with E-state index in [0.29, 0.717) is 12.0 Å². The normalized spacial score (nSPS) is 19.2. The predicted molar refractivity (Wildman–Crippen MR) is 102 cm³/mol. The highest BCUT2D eigenvalue weighted by Gasteiger charge is 2.36. The molecule has 1 N–H and O–H groups in total. The number of aromatic nitrogens is 2. The van der Waals surface area contributed by atoms with Gasteiger partial charge in [-0.05, 0) is 18.4 Å². The molecular formula is C20H27N5. The quantitative estimate of drug-likeness (QED) is 0.910. The Hall–Kier alpha value is -2.30. The first-order chi connectivity index (χ1) is 12.2. The van der Waals surface area contributed by atoms with Crippen molar-refractivity contribution in [3.05, 3.63) is 47.4 Å². The van der Waals surface area contributed by atoms with Crippen LogP contribution in [0.2, 0.25) is 0 Å². The van der Waals surface area contributed by atoms with Crippen molar-refractivity contribution in [3.8, 4) is 0 Å². The van der Waals surface area contributed by atoms with Crippen LogP contribution in [0.1, 0.15) is 50.2 Å². The molecule has 0 saturated carbocycles. The number of hydrogen-bond donors (Lipinski definition) is 1. The van der Waals surface area contributed by atoms with E-state index in [-0.39, 0.29) is 0 Å². The summed E-state index contributed by atoms with van der Waals surface area (Å²) in [4.78, 5) is 18.3. The molecule has 2 aromatic rings. The lowest BCUT2D eigenvalue weighted by Gasteiger charge is -2.34. The van der Waals surface area contributed by atoms with Crippen molar-refractivity contribution >= 4 is 11.7 Å². The van der Waals surface area contributed by atoms with E-state index in [2.05, 4.69) is 65.9 Å². The second kappa shape index (κ2) is 6.54. The lowest BCUT2D eigenvalue weighted by molar-refractivity contribution is 0.406. The number of aliphatic imine (C=N–C) groups is 1. The Balaban J connectivity index is 1.64. The minimum absolute atomic E-state index is 0.317. The number of nitrogens with zero attached hydrogens (tertiary/aromatic N) is 4. The number of imidazole rings is 1. The van der Waals surface area contributed by atoms with Gasteiger partial charge < -0.3 is 14.8 Å². The zero-order chi connectivity index (χ0) is 17.4. The molecule has 0 amide bonds. The van der Waals surface area contributed by atoms with Crippen molar-refractivity contribution in [2.24, 2.45) is 4.99 Å². The van der Waals surface area contributed by atoms with Gasteiger partial charge >= 0.3 is 0 Å². The number of rotatable bonds is 5. The van der Waals surface area contributed by atoms with Gasteiger partial charge in [-0.1, -0.05) is 51.1 Å². The molecule has 1 aromatic carbocycles. The highest BCUT2D eigenvalue weighted by molar-refractivity contribution is 6.04. The summed E-state index contributed by atoms with van der Waals surface area (Å²) in [6, 6.07) is 11.0. The zero-order valence-electron chi connectivity index (χ0n) is 15.4. The molecular weight excluding hydrogens is 310 g/mol. The summed E-state index contributed by atoms with van der Waals surface area (Å²) in [6.45, 7) is 9.50. The number of benzene rings is 1. The minimum atomic E-state index is 0.317. The average molecular weight is 337 g/mol. The number of hydrogen-bond acceptors (Lipinski definition) is 4. The molecule has 0 fully saturated rings. The molecule has 0 radical (unpaired) electrons. The Bertz CT molecular complexity index is 762. The van der Waals surface area contributed by atoms with E-state index in [4.69, 9.17) is 9.98 Å². The lowest BCUT2D eigenvalue weighted by Crippen LogP contribution is -2.46. The van der Waals surface area contributed by atoms with Gasteiger partial charge in [-0.2, -0.15) is 0 Å². The molecule has 1 aromatic heterocycles. The van der Waals surface area contributed by atoms with Crippen LogP contribution in [0.25, 0.3) is 0 Å². The van der Waals surface area contributed by atoms with Gasteiger partial charge in [-0.25, -0.2) is 4.98 Å². The van der Waals surface area contributed by atoms with Crippen LogP contribution < -0.4 is 4.90 Å². The van der Waals surface area contributed by atoms with Gasteiger partial charge in [-0.15, -0.1) is 0 Å². The molecule has 132 valence electrons. The zero-order valence-corrected chi connectivity index (χ0v) is 15.4. The van der Waals surface area contributed by atoms with Crippen molar-refractivity contribution in [2.45, 2.75) is 45.6 Å². The van der Waals surface area contributed by atoms with Gasteiger partial charge in [0.25, 0.3) is 0 Å². The molecule has 3 heterocycles. The van der Waals surface area contributed by atoms with Crippen molar-refractivity contribution < 1.29 is 0 Å². The van der Waals surface area contributed by atoms with Gasteiger partial charge in [0.2, 0.25) is 0 Å². The third kappa shape index (κ3) is 3.03. The molecule has 0 spiro atoms. The van der Waals surface area contributed by atoms with E-state index in [1.165, 1.54) is 5.56 Å². The summed E-state index contributed by atoms with van der Waals surface area (Å²) in [6.07, 6.45) is 2.12. The summed E-state index contributed by atoms with van der Waals surface area (Å²) in [5.74, 6) is 3.63. The number of nitrogens with one attached hydrogen (secondary N) is 1. The van der Waals surface area contributed by atoms with E-state index in [1.54, 1.807) is 0 Å². The molecule has 0 aliphatic carbocycles. The van der Waals surface area contributed by atoms with E-state index in [9.17, 15) is 0 Å². The fourth-order valence-electron chi connectivity index (χ4n) is 3.74. The third-order valence-electron chi connectivity index (χ3n) is 4.96. The first-order valence-electron chi connectivity index (χ1n) is 9.37. The highest BCUT2D eigenvalue weighted by atomic mass is 15.4. The van der Waals surface area contributed by atoms with Crippen LogP contribution in [0.15, 0.2) is 35.3 Å². The highest BCUT2D eigenvalue weighted by Crippen LogP contribution is 2.31. The van der Waals surface area contributed by atoms with Crippen molar-refractivity contribution in [2.75, 3.05) is 24.7 Å². The van der Waals surface area contributed by atoms with Crippen LogP contribution in [-0.4, -0.2) is 46.5 Å². The summed E-state index contributed by atoms with van der Waals surface area (Å²) < 4.78 is 0. The predicted octanol–water partition coefficient (Wildman–Crippen LogP) is 3.39. The monoisotopic (exact) mass is 337 g/mol. The first kappa shape index (κ1) is 16.2. The largest absolute Gasteiger partial charge is 0.337 e. The summed E-state index contributed by atoms with van der Waals surface area (Å²) in [5, 5.41) is 0. The SMILES string of the molecule is CCCN1CN2C[C@@H](Cc3ccccc3)N=C2c2[nH]c(C(C)C)nc21. The first-order valence-corrected chi connectivity index (χ1v) is 9.37. The molecule has 5 heteroatoms. The number of aromatic amines is 1. The smallest absolute Gasteiger partial charge is 0.159 e. The van der Waals surface area contributed by atoms with Gasteiger partial charge in [0, 0.05) is 19.0 Å². The molecule has 4 rings (SSSR count). The van der Waals surface area contributed by atoms with Gasteiger partial charge in [-0.3, -0.25) is 4.99 Å². The van der Waals surface area contributed by atoms with Crippen molar-refractivity contribution in [1.29, 1.82) is 0 Å². The second-order valence-electron chi connectivity index (χ2n) is 7.40. The number of amidine groups is 1. The summed E-state index contributed by atoms with van der Waals surface area (Å²) >= 11 is 0. The Kier molecular flexibility index (Phi) is 4.24. The van der Waals surface area contributed by atoms with Crippen molar-refractivity contribution in [3.63, 3.8) is 0 Å². The Labute approximate surface area is 149 Å². The fraction of sp³-hybridized carbons (Fsp3) is 0.500. The fourth-order valence-corrected chi connectivity index (χ4v) is 3.74. The Morgan fingerprint density at radius 3 is 2.76 bits per heavy atom. The van der Waals surface area contributed by atoms with E-state index in [0.717, 1.165) is 55.8 Å². The molecule has 0 saturated heterocycles. The standard InChI is InChI=1S/C20H27N5/c1-4-10-24-13-25-12-16(11-15-8-6-5-7-9-15)21-19(25)17-20(24)23-18(22-17)14(2)3/h5-9,14,16H,4,10-13H2,1-3H3,(H,22,23)/t16-/m1/s1. The van der Waals surface area contributed by atoms with E-state index < -0.39 is 0 Å². The van der Waals surface area contributed by atoms with Crippen LogP contribution in [0.5, 0.6) is 0 Å². The van der Waals surface area contributed by atoms with Crippen LogP contribution in [-0.2, 0) is 6.42 Å². The second-order valence-corrected chi connectivity index (χ2v) is 7.40. The number of anilines is 1. The topological polar surface area (TPSA) is 47.5 Å². The molecule has 2 aliphatic heterocycles. The lowest BCUT2D eigenvalue weighted by atomic mass is 10.1. The Morgan fingerprint density at radius 1 is 1.24 bits per heavy atom. The van der Waals surface area contributed by atoms with Gasteiger partial charge in [0.15, 0.2) is 11.7 Å². The van der Waals surface area contributed by atoms with Crippen LogP contribution in [0.3, 0.4) is 0 Å². The molecule has 2 aliphatic rings. The molecule has 5 nitrogen and oxygen atoms in total. The maximum atomic E-state index is 5.06. The third-order valence-corrected chi connectivity index (χ3v) is 4.96. The van der Waals surface area contributed by atoms with Crippen LogP contribution in [0.4, 0.5) is 5.82 Å². The van der Waals surface area contributed by atoms with E-state index in [1.807, 2.05) is 0 Å². The number of H-pyrrole nitrogens is 1. The summed E-state index contributed by atoms with van der Waals surface area (Å²) in [7, 11) is 0. The van der Waals surface area contributed by atoms with Crippen molar-refractivity contribution in [1.82, 2.24) is 14.9 Å². The molecule has 1 atom stereocenters. The van der Waals surface area contributed by atoms with Crippen LogP contribution >= 0.6 is 0 Å². The maximum Gasteiger partial charge on any atom is 0.159 e. The average Bonchev–Trinajstić information content (AvgIpc) is 3.20. The Morgan fingerprint density at radius 2 is 2.04 bits per heavy atom. The van der Waals surface area contributed by atoms with E-state index >= 15 is 0 Å². The van der Waals surface area contributed by atoms with Crippen LogP contribution in [0, 0.1) is 0 Å². The van der Waals surface area contributed by atoms with Gasteiger partial charge in [0.1, 0.15) is 11.5 Å². The number of fused-ring (bicyclic) bond motifs is 3.